The summed E-state index contributed by atoms with van der Waals surface area (Å²) in [7, 11) is 0. The lowest BCUT2D eigenvalue weighted by atomic mass is 10.2. The Morgan fingerprint density at radius 1 is 1.62 bits per heavy atom. The Hall–Kier alpha value is -0.980. The van der Waals surface area contributed by atoms with E-state index in [2.05, 4.69) is 22.0 Å². The van der Waals surface area contributed by atoms with E-state index in [1.54, 1.807) is 6.92 Å². The normalized spacial score (nSPS) is 24.6. The number of hydrogen-bond acceptors (Lipinski definition) is 6. The fourth-order valence-corrected chi connectivity index (χ4v) is 1.69. The van der Waals surface area contributed by atoms with Crippen LogP contribution in [0.3, 0.4) is 0 Å². The lowest BCUT2D eigenvalue weighted by Crippen LogP contribution is -2.38. The van der Waals surface area contributed by atoms with E-state index in [0.717, 1.165) is 19.6 Å². The van der Waals surface area contributed by atoms with Crippen LogP contribution in [0, 0.1) is 0 Å². The van der Waals surface area contributed by atoms with Crippen LogP contribution in [0.4, 0.5) is 0 Å². The first-order valence-corrected chi connectivity index (χ1v) is 5.56. The van der Waals surface area contributed by atoms with Crippen LogP contribution in [-0.2, 0) is 4.74 Å². The fourth-order valence-electron chi connectivity index (χ4n) is 1.69. The quantitative estimate of drug-likeness (QED) is 0.811. The van der Waals surface area contributed by atoms with Crippen LogP contribution in [0.25, 0.3) is 0 Å². The van der Waals surface area contributed by atoms with E-state index in [4.69, 9.17) is 9.26 Å². The number of aliphatic hydroxyl groups is 1. The van der Waals surface area contributed by atoms with Crippen molar-refractivity contribution in [3.05, 3.63) is 11.7 Å². The molecule has 2 rings (SSSR count). The molecule has 0 aromatic carbocycles. The molecule has 1 saturated heterocycles. The first-order chi connectivity index (χ1) is 7.70. The molecule has 6 heteroatoms. The zero-order chi connectivity index (χ0) is 11.5. The van der Waals surface area contributed by atoms with Crippen LogP contribution in [0.1, 0.15) is 37.8 Å². The molecule has 1 aromatic heterocycles. The third-order valence-electron chi connectivity index (χ3n) is 2.70. The van der Waals surface area contributed by atoms with Crippen LogP contribution in [0.2, 0.25) is 0 Å². The van der Waals surface area contributed by atoms with Crippen molar-refractivity contribution >= 4 is 0 Å². The molecule has 0 bridgehead atoms. The Morgan fingerprint density at radius 2 is 2.44 bits per heavy atom. The molecule has 16 heavy (non-hydrogen) atoms. The number of ether oxygens (including phenoxy) is 1. The molecule has 1 N–H and O–H groups in total. The summed E-state index contributed by atoms with van der Waals surface area (Å²) >= 11 is 0. The van der Waals surface area contributed by atoms with Crippen molar-refractivity contribution in [3.8, 4) is 0 Å². The second-order valence-electron chi connectivity index (χ2n) is 3.92. The van der Waals surface area contributed by atoms with E-state index in [0.29, 0.717) is 12.4 Å². The predicted octanol–water partition coefficient (Wildman–Crippen LogP) is 0.516. The van der Waals surface area contributed by atoms with E-state index in [1.807, 2.05) is 0 Å². The smallest absolute Gasteiger partial charge is 0.255 e. The van der Waals surface area contributed by atoms with E-state index in [-0.39, 0.29) is 12.0 Å². The van der Waals surface area contributed by atoms with Crippen molar-refractivity contribution in [2.45, 2.75) is 26.1 Å². The first kappa shape index (κ1) is 11.5. The summed E-state index contributed by atoms with van der Waals surface area (Å²) in [6, 6.07) is 0. The fraction of sp³-hybridized carbons (Fsp3) is 0.800. The molecular formula is C10H17N3O3. The first-order valence-electron chi connectivity index (χ1n) is 5.56. The van der Waals surface area contributed by atoms with Crippen LogP contribution < -0.4 is 0 Å². The SMILES string of the molecule is CCN1CCOC(c2noc([C@H](C)O)n2)C1. The largest absolute Gasteiger partial charge is 0.384 e. The standard InChI is InChI=1S/C10H17N3O3/c1-3-13-4-5-15-8(6-13)9-11-10(7(2)14)16-12-9/h7-8,14H,3-6H2,1-2H3/t7-,8?/m0/s1. The number of likely N-dealkylation sites (N-methyl/N-ethyl adjacent to an activating group) is 1. The Morgan fingerprint density at radius 3 is 3.06 bits per heavy atom. The summed E-state index contributed by atoms with van der Waals surface area (Å²) in [4.78, 5) is 6.39. The summed E-state index contributed by atoms with van der Waals surface area (Å²) in [5, 5.41) is 13.1. The average molecular weight is 227 g/mol. The minimum Gasteiger partial charge on any atom is -0.384 e. The highest BCUT2D eigenvalue weighted by Gasteiger charge is 2.26. The molecule has 0 spiro atoms. The van der Waals surface area contributed by atoms with Crippen molar-refractivity contribution in [1.82, 2.24) is 15.0 Å². The highest BCUT2D eigenvalue weighted by Crippen LogP contribution is 2.20. The van der Waals surface area contributed by atoms with Gasteiger partial charge in [-0.15, -0.1) is 0 Å². The Balaban J connectivity index is 2.05. The van der Waals surface area contributed by atoms with Crippen LogP contribution >= 0.6 is 0 Å². The highest BCUT2D eigenvalue weighted by atomic mass is 16.5. The molecule has 90 valence electrons. The summed E-state index contributed by atoms with van der Waals surface area (Å²) in [6.45, 7) is 7.08. The minimum atomic E-state index is -0.730. The van der Waals surface area contributed by atoms with Gasteiger partial charge in [0.1, 0.15) is 12.2 Å². The molecule has 6 nitrogen and oxygen atoms in total. The third kappa shape index (κ3) is 2.40. The van der Waals surface area contributed by atoms with Gasteiger partial charge in [-0.3, -0.25) is 4.90 Å². The maximum Gasteiger partial charge on any atom is 0.255 e. The molecule has 2 atom stereocenters. The molecule has 1 aliphatic rings. The molecular weight excluding hydrogens is 210 g/mol. The van der Waals surface area contributed by atoms with Crippen molar-refractivity contribution in [1.29, 1.82) is 0 Å². The lowest BCUT2D eigenvalue weighted by Gasteiger charge is -2.30. The number of nitrogens with zero attached hydrogens (tertiary/aromatic N) is 3. The van der Waals surface area contributed by atoms with Gasteiger partial charge in [0, 0.05) is 13.1 Å². The van der Waals surface area contributed by atoms with Gasteiger partial charge in [0.2, 0.25) is 5.82 Å². The van der Waals surface area contributed by atoms with Gasteiger partial charge in [0.05, 0.1) is 6.61 Å². The predicted molar refractivity (Wildman–Crippen MR) is 55.7 cm³/mol. The van der Waals surface area contributed by atoms with Crippen molar-refractivity contribution in [2.24, 2.45) is 0 Å². The number of hydrogen-bond donors (Lipinski definition) is 1. The van der Waals surface area contributed by atoms with Crippen molar-refractivity contribution < 1.29 is 14.4 Å². The molecule has 2 heterocycles. The molecule has 1 unspecified atom stereocenters. The van der Waals surface area contributed by atoms with Gasteiger partial charge < -0.3 is 14.4 Å². The zero-order valence-corrected chi connectivity index (χ0v) is 9.59. The van der Waals surface area contributed by atoms with Gasteiger partial charge in [-0.05, 0) is 13.5 Å². The molecule has 0 saturated carbocycles. The van der Waals surface area contributed by atoms with Crippen LogP contribution in [0.15, 0.2) is 4.52 Å². The number of morpholine rings is 1. The van der Waals surface area contributed by atoms with Crippen molar-refractivity contribution in [3.63, 3.8) is 0 Å². The zero-order valence-electron chi connectivity index (χ0n) is 9.59. The topological polar surface area (TPSA) is 71.6 Å². The summed E-state index contributed by atoms with van der Waals surface area (Å²) in [6.07, 6.45) is -0.878. The molecule has 1 aliphatic heterocycles. The lowest BCUT2D eigenvalue weighted by molar-refractivity contribution is -0.0334. The number of aliphatic hydroxyl groups excluding tert-OH is 1. The third-order valence-corrected chi connectivity index (χ3v) is 2.70. The van der Waals surface area contributed by atoms with Crippen LogP contribution in [0.5, 0.6) is 0 Å². The Bertz CT molecular complexity index is 340. The summed E-state index contributed by atoms with van der Waals surface area (Å²) in [5.74, 6) is 0.765. The molecule has 0 amide bonds. The van der Waals surface area contributed by atoms with Crippen LogP contribution in [-0.4, -0.2) is 46.4 Å². The van der Waals surface area contributed by atoms with Crippen molar-refractivity contribution in [2.75, 3.05) is 26.2 Å². The minimum absolute atomic E-state index is 0.148. The Kier molecular flexibility index (Phi) is 3.52. The molecule has 1 fully saturated rings. The van der Waals surface area contributed by atoms with Gasteiger partial charge in [-0.2, -0.15) is 4.98 Å². The number of rotatable bonds is 3. The molecule has 0 radical (unpaired) electrons. The number of aromatic nitrogens is 2. The van der Waals surface area contributed by atoms with Gasteiger partial charge in [0.15, 0.2) is 0 Å². The van der Waals surface area contributed by atoms with E-state index >= 15 is 0 Å². The van der Waals surface area contributed by atoms with Gasteiger partial charge in [-0.1, -0.05) is 12.1 Å². The van der Waals surface area contributed by atoms with Gasteiger partial charge in [-0.25, -0.2) is 0 Å². The second-order valence-corrected chi connectivity index (χ2v) is 3.92. The maximum absolute atomic E-state index is 9.29. The van der Waals surface area contributed by atoms with Gasteiger partial charge in [0.25, 0.3) is 5.89 Å². The molecule has 0 aliphatic carbocycles. The highest BCUT2D eigenvalue weighted by molar-refractivity contribution is 4.95. The van der Waals surface area contributed by atoms with E-state index in [9.17, 15) is 5.11 Å². The summed E-state index contributed by atoms with van der Waals surface area (Å²) < 4.78 is 10.5. The van der Waals surface area contributed by atoms with E-state index in [1.165, 1.54) is 0 Å². The Labute approximate surface area is 94.2 Å². The monoisotopic (exact) mass is 227 g/mol. The van der Waals surface area contributed by atoms with E-state index < -0.39 is 6.10 Å². The van der Waals surface area contributed by atoms with Gasteiger partial charge >= 0.3 is 0 Å². The molecule has 1 aromatic rings. The maximum atomic E-state index is 9.29. The second kappa shape index (κ2) is 4.90. The average Bonchev–Trinajstić information content (AvgIpc) is 2.78. The summed E-state index contributed by atoms with van der Waals surface area (Å²) in [5.41, 5.74) is 0.